The van der Waals surface area contributed by atoms with Gasteiger partial charge in [0.25, 0.3) is 11.8 Å². The van der Waals surface area contributed by atoms with E-state index in [1.807, 2.05) is 12.1 Å². The Morgan fingerprint density at radius 3 is 2.41 bits per heavy atom. The minimum atomic E-state index is -0.265. The number of morpholine rings is 1. The summed E-state index contributed by atoms with van der Waals surface area (Å²) in [5.74, 6) is 0.244. The van der Waals surface area contributed by atoms with E-state index in [0.29, 0.717) is 34.3 Å². The zero-order chi connectivity index (χ0) is 28.4. The number of hydrogen-bond donors (Lipinski definition) is 2. The molecule has 0 saturated carbocycles. The Kier molecular flexibility index (Phi) is 10.3. The molecule has 2 N–H and O–H groups in total. The smallest absolute Gasteiger partial charge is 0.255 e. The van der Waals surface area contributed by atoms with Crippen LogP contribution < -0.4 is 15.5 Å². The lowest BCUT2D eigenvalue weighted by Gasteiger charge is -2.35. The highest BCUT2D eigenvalue weighted by atomic mass is 35.5. The van der Waals surface area contributed by atoms with Crippen LogP contribution in [0.5, 0.6) is 0 Å². The number of carbonyl (C=O) groups is 2. The fourth-order valence-electron chi connectivity index (χ4n) is 5.65. The number of benzene rings is 3. The first-order valence-corrected chi connectivity index (χ1v) is 15.0. The Morgan fingerprint density at radius 2 is 1.66 bits per heavy atom. The van der Waals surface area contributed by atoms with Crippen LogP contribution in [0.2, 0.25) is 5.02 Å². The lowest BCUT2D eigenvalue weighted by molar-refractivity contribution is 0.0374. The highest BCUT2D eigenvalue weighted by molar-refractivity contribution is 6.31. The molecule has 7 nitrogen and oxygen atoms in total. The van der Waals surface area contributed by atoms with Crippen LogP contribution in [0, 0.1) is 5.92 Å². The van der Waals surface area contributed by atoms with Crippen LogP contribution in [0.25, 0.3) is 0 Å². The van der Waals surface area contributed by atoms with Crippen LogP contribution in [0.1, 0.15) is 45.5 Å². The van der Waals surface area contributed by atoms with Crippen molar-refractivity contribution in [2.24, 2.45) is 5.92 Å². The molecule has 0 spiro atoms. The van der Waals surface area contributed by atoms with E-state index in [9.17, 15) is 9.59 Å². The van der Waals surface area contributed by atoms with Crippen molar-refractivity contribution >= 4 is 34.8 Å². The molecule has 41 heavy (non-hydrogen) atoms. The predicted octanol–water partition coefficient (Wildman–Crippen LogP) is 5.50. The predicted molar refractivity (Wildman–Crippen MR) is 165 cm³/mol. The minimum absolute atomic E-state index is 0.118. The summed E-state index contributed by atoms with van der Waals surface area (Å²) in [6.07, 6.45) is 4.10. The van der Waals surface area contributed by atoms with Crippen molar-refractivity contribution in [1.82, 2.24) is 10.2 Å². The first-order valence-electron chi connectivity index (χ1n) is 14.6. The van der Waals surface area contributed by atoms with Crippen LogP contribution in [0.4, 0.5) is 11.4 Å². The summed E-state index contributed by atoms with van der Waals surface area (Å²) in [7, 11) is 0. The van der Waals surface area contributed by atoms with E-state index in [1.165, 1.54) is 5.56 Å². The fourth-order valence-corrected chi connectivity index (χ4v) is 5.84. The van der Waals surface area contributed by atoms with E-state index in [0.717, 1.165) is 77.3 Å². The largest absolute Gasteiger partial charge is 0.379 e. The van der Waals surface area contributed by atoms with E-state index in [2.05, 4.69) is 50.8 Å². The Hall–Kier alpha value is -3.39. The van der Waals surface area contributed by atoms with Gasteiger partial charge < -0.3 is 20.3 Å². The number of rotatable bonds is 10. The number of halogens is 1. The van der Waals surface area contributed by atoms with Gasteiger partial charge in [0, 0.05) is 54.7 Å². The van der Waals surface area contributed by atoms with E-state index >= 15 is 0 Å². The van der Waals surface area contributed by atoms with E-state index in [-0.39, 0.29) is 11.8 Å². The van der Waals surface area contributed by atoms with Crippen molar-refractivity contribution in [1.29, 1.82) is 0 Å². The fraction of sp³-hybridized carbons (Fsp3) is 0.394. The first-order chi connectivity index (χ1) is 20.0. The maximum absolute atomic E-state index is 13.5. The van der Waals surface area contributed by atoms with Gasteiger partial charge in [0.1, 0.15) is 0 Å². The number of piperidine rings is 1. The number of nitrogens with one attached hydrogen (secondary N) is 2. The average molecular weight is 575 g/mol. The van der Waals surface area contributed by atoms with E-state index < -0.39 is 0 Å². The van der Waals surface area contributed by atoms with Crippen LogP contribution in [0.15, 0.2) is 72.8 Å². The third-order valence-electron chi connectivity index (χ3n) is 7.95. The van der Waals surface area contributed by atoms with Crippen molar-refractivity contribution in [3.8, 4) is 0 Å². The topological polar surface area (TPSA) is 73.9 Å². The van der Waals surface area contributed by atoms with Crippen LogP contribution in [0.3, 0.4) is 0 Å². The maximum Gasteiger partial charge on any atom is 0.255 e. The average Bonchev–Trinajstić information content (AvgIpc) is 3.01. The van der Waals surface area contributed by atoms with Crippen molar-refractivity contribution in [3.05, 3.63) is 94.5 Å². The van der Waals surface area contributed by atoms with Crippen molar-refractivity contribution in [2.75, 3.05) is 62.7 Å². The summed E-state index contributed by atoms with van der Waals surface area (Å²) in [5, 5.41) is 6.57. The lowest BCUT2D eigenvalue weighted by atomic mass is 9.89. The van der Waals surface area contributed by atoms with Crippen molar-refractivity contribution in [3.63, 3.8) is 0 Å². The highest BCUT2D eigenvalue weighted by Gasteiger charge is 2.24. The second-order valence-electron chi connectivity index (χ2n) is 10.9. The molecule has 216 valence electrons. The van der Waals surface area contributed by atoms with Crippen LogP contribution >= 0.6 is 11.6 Å². The van der Waals surface area contributed by atoms with Gasteiger partial charge in [-0.25, -0.2) is 0 Å². The van der Waals surface area contributed by atoms with Crippen LogP contribution in [-0.2, 0) is 11.2 Å². The van der Waals surface area contributed by atoms with Gasteiger partial charge in [-0.2, -0.15) is 0 Å². The zero-order valence-corrected chi connectivity index (χ0v) is 24.2. The van der Waals surface area contributed by atoms with E-state index in [4.69, 9.17) is 16.3 Å². The number of anilines is 2. The molecule has 0 aromatic heterocycles. The third kappa shape index (κ3) is 8.32. The van der Waals surface area contributed by atoms with Gasteiger partial charge in [-0.3, -0.25) is 14.5 Å². The molecule has 8 heteroatoms. The molecule has 5 rings (SSSR count). The summed E-state index contributed by atoms with van der Waals surface area (Å²) in [6.45, 7) is 6.72. The van der Waals surface area contributed by atoms with Crippen molar-refractivity contribution in [2.45, 2.75) is 25.7 Å². The number of amides is 2. The summed E-state index contributed by atoms with van der Waals surface area (Å²) in [6, 6.07) is 23.1. The number of hydrogen-bond acceptors (Lipinski definition) is 5. The highest BCUT2D eigenvalue weighted by Crippen LogP contribution is 2.30. The Bertz CT molecular complexity index is 1300. The number of carbonyl (C=O) groups excluding carboxylic acids is 2. The first kappa shape index (κ1) is 29.1. The summed E-state index contributed by atoms with van der Waals surface area (Å²) >= 11 is 6.08. The molecule has 2 amide bonds. The summed E-state index contributed by atoms with van der Waals surface area (Å²) in [4.78, 5) is 31.1. The normalized spacial score (nSPS) is 16.4. The lowest BCUT2D eigenvalue weighted by Crippen LogP contribution is -2.38. The molecule has 0 atom stereocenters. The molecule has 0 bridgehead atoms. The second kappa shape index (κ2) is 14.5. The zero-order valence-electron chi connectivity index (χ0n) is 23.5. The molecule has 3 aromatic carbocycles. The van der Waals surface area contributed by atoms with Gasteiger partial charge in [0.2, 0.25) is 0 Å². The minimum Gasteiger partial charge on any atom is -0.379 e. The van der Waals surface area contributed by atoms with E-state index in [1.54, 1.807) is 30.3 Å². The molecule has 2 saturated heterocycles. The standard InChI is InChI=1S/C33H39ClN4O3/c34-28-9-4-8-27(23-28)32(39)36-29-10-11-31(38-16-12-26(13-17-38)22-25-6-2-1-3-7-25)30(24-29)33(40)35-14-5-15-37-18-20-41-21-19-37/h1-4,6-11,23-24,26H,5,12-22H2,(H,35,40)(H,36,39). The van der Waals surface area contributed by atoms with Gasteiger partial charge in [0.05, 0.1) is 18.8 Å². The molecular weight excluding hydrogens is 536 g/mol. The Labute approximate surface area is 247 Å². The molecular formula is C33H39ClN4O3. The van der Waals surface area contributed by atoms with Gasteiger partial charge in [-0.05, 0) is 80.1 Å². The molecule has 2 aliphatic heterocycles. The Morgan fingerprint density at radius 1 is 0.878 bits per heavy atom. The summed E-state index contributed by atoms with van der Waals surface area (Å²) < 4.78 is 5.43. The van der Waals surface area contributed by atoms with Crippen LogP contribution in [-0.4, -0.2) is 69.2 Å². The van der Waals surface area contributed by atoms with Gasteiger partial charge in [0.15, 0.2) is 0 Å². The van der Waals surface area contributed by atoms with Gasteiger partial charge >= 0.3 is 0 Å². The maximum atomic E-state index is 13.5. The molecule has 3 aromatic rings. The van der Waals surface area contributed by atoms with Gasteiger partial charge in [-0.1, -0.05) is 48.0 Å². The molecule has 0 radical (unpaired) electrons. The number of nitrogens with zero attached hydrogens (tertiary/aromatic N) is 2. The molecule has 0 unspecified atom stereocenters. The number of ether oxygens (including phenoxy) is 1. The molecule has 2 heterocycles. The van der Waals surface area contributed by atoms with Gasteiger partial charge in [-0.15, -0.1) is 0 Å². The molecule has 2 aliphatic rings. The summed E-state index contributed by atoms with van der Waals surface area (Å²) in [5.41, 5.74) is 3.92. The molecule has 0 aliphatic carbocycles. The monoisotopic (exact) mass is 574 g/mol. The Balaban J connectivity index is 1.26. The van der Waals surface area contributed by atoms with Crippen molar-refractivity contribution < 1.29 is 14.3 Å². The molecule has 2 fully saturated rings. The SMILES string of the molecule is O=C(Nc1ccc(N2CCC(Cc3ccccc3)CC2)c(C(=O)NCCCN2CCOCC2)c1)c1cccc(Cl)c1. The quantitative estimate of drug-likeness (QED) is 0.313. The third-order valence-corrected chi connectivity index (χ3v) is 8.18. The second-order valence-corrected chi connectivity index (χ2v) is 11.3.